The van der Waals surface area contributed by atoms with Crippen LogP contribution in [0.2, 0.25) is 0 Å². The molecule has 0 unspecified atom stereocenters. The van der Waals surface area contributed by atoms with Crippen LogP contribution in [0.5, 0.6) is 0 Å². The molecule has 0 aliphatic rings. The Kier molecular flexibility index (Phi) is 8.54. The van der Waals surface area contributed by atoms with E-state index < -0.39 is 0 Å². The molecule has 10 aromatic carbocycles. The number of rotatable bonds is 6. The van der Waals surface area contributed by atoms with Crippen LogP contribution in [0, 0.1) is 6.57 Å². The van der Waals surface area contributed by atoms with Crippen molar-refractivity contribution in [3.8, 4) is 67.3 Å². The summed E-state index contributed by atoms with van der Waals surface area (Å²) in [5.41, 5.74) is 12.3. The predicted octanol–water partition coefficient (Wildman–Crippen LogP) is 15.6. The quantitative estimate of drug-likeness (QED) is 0.0959. The largest absolute Gasteiger partial charge is 0.238 e. The second-order valence-corrected chi connectivity index (χ2v) is 15.1. The molecule has 11 aromatic rings. The van der Waals surface area contributed by atoms with Crippen LogP contribution >= 0.6 is 0 Å². The molecule has 3 nitrogen and oxygen atoms in total. The number of aromatic nitrogens is 2. The summed E-state index contributed by atoms with van der Waals surface area (Å²) in [5.74, 6) is 0.669. The van der Waals surface area contributed by atoms with Gasteiger partial charge in [-0.2, -0.15) is 0 Å². The van der Waals surface area contributed by atoms with Crippen molar-refractivity contribution >= 4 is 48.8 Å². The van der Waals surface area contributed by atoms with Crippen molar-refractivity contribution in [2.24, 2.45) is 0 Å². The van der Waals surface area contributed by atoms with Crippen LogP contribution in [0.1, 0.15) is 0 Å². The fourth-order valence-corrected chi connectivity index (χ4v) is 8.92. The Morgan fingerprint density at radius 3 is 1.63 bits per heavy atom. The third-order valence-corrected chi connectivity index (χ3v) is 11.7. The Morgan fingerprint density at radius 1 is 0.333 bits per heavy atom. The van der Waals surface area contributed by atoms with Gasteiger partial charge < -0.3 is 0 Å². The van der Waals surface area contributed by atoms with Crippen LogP contribution < -0.4 is 0 Å². The van der Waals surface area contributed by atoms with E-state index in [2.05, 4.69) is 175 Å². The highest BCUT2D eigenvalue weighted by Crippen LogP contribution is 2.48. The lowest BCUT2D eigenvalue weighted by molar-refractivity contribution is 1.18. The summed E-state index contributed by atoms with van der Waals surface area (Å²) in [7, 11) is 0. The SMILES string of the molecule is [C-]#[N+]c1ccc(-c2cccc(-c3cc(-c4ccc(-c5c6ccccc6c(-c6ccccc6)c6ccc7ccccc7c56)c5ccccc45)nc(-c4ccccc4)n3)c2)cc1. The van der Waals surface area contributed by atoms with Gasteiger partial charge in [-0.1, -0.05) is 200 Å². The summed E-state index contributed by atoms with van der Waals surface area (Å²) in [4.78, 5) is 14.1. The Morgan fingerprint density at radius 2 is 0.900 bits per heavy atom. The minimum atomic E-state index is 0.625. The van der Waals surface area contributed by atoms with Crippen LogP contribution in [0.4, 0.5) is 5.69 Å². The molecule has 3 heteroatoms. The Balaban J connectivity index is 1.16. The molecule has 11 rings (SSSR count). The lowest BCUT2D eigenvalue weighted by Gasteiger charge is -2.21. The van der Waals surface area contributed by atoms with Gasteiger partial charge in [-0.25, -0.2) is 14.8 Å². The lowest BCUT2D eigenvalue weighted by atomic mass is 9.82. The number of hydrogen-bond acceptors (Lipinski definition) is 2. The highest BCUT2D eigenvalue weighted by molar-refractivity contribution is 6.29. The van der Waals surface area contributed by atoms with E-state index in [0.29, 0.717) is 11.5 Å². The van der Waals surface area contributed by atoms with Crippen LogP contribution in [0.3, 0.4) is 0 Å². The zero-order chi connectivity index (χ0) is 40.0. The molecule has 0 spiro atoms. The second-order valence-electron chi connectivity index (χ2n) is 15.1. The van der Waals surface area contributed by atoms with Crippen LogP contribution in [-0.4, -0.2) is 9.97 Å². The molecule has 0 amide bonds. The first kappa shape index (κ1) is 35.0. The van der Waals surface area contributed by atoms with Gasteiger partial charge in [0.1, 0.15) is 0 Å². The molecule has 0 aliphatic heterocycles. The molecular weight excluding hydrogens is 727 g/mol. The molecule has 0 saturated heterocycles. The summed E-state index contributed by atoms with van der Waals surface area (Å²) >= 11 is 0. The third-order valence-electron chi connectivity index (χ3n) is 11.7. The first-order valence-corrected chi connectivity index (χ1v) is 20.2. The fourth-order valence-electron chi connectivity index (χ4n) is 8.92. The normalized spacial score (nSPS) is 11.3. The van der Waals surface area contributed by atoms with Gasteiger partial charge in [-0.3, -0.25) is 0 Å². The van der Waals surface area contributed by atoms with Crippen LogP contribution in [0.15, 0.2) is 212 Å². The van der Waals surface area contributed by atoms with Gasteiger partial charge in [0.05, 0.1) is 18.0 Å². The summed E-state index contributed by atoms with van der Waals surface area (Å²) in [6.07, 6.45) is 0. The topological polar surface area (TPSA) is 30.1 Å². The third kappa shape index (κ3) is 5.99. The predicted molar refractivity (Wildman–Crippen MR) is 251 cm³/mol. The van der Waals surface area contributed by atoms with Crippen molar-refractivity contribution in [3.63, 3.8) is 0 Å². The standard InChI is InChI=1S/C57H35N3/c1-58-43-30-27-37(28-31-43)41-20-14-21-42(35-41)52-36-53(60-57(59-52)40-18-6-3-7-19-40)47-33-34-50(46-24-11-10-23-45(46)47)56-49-26-13-12-25-48(49)54(39-16-4-2-5-17-39)51-32-29-38-15-8-9-22-44(38)55(51)56/h2-36H. The summed E-state index contributed by atoms with van der Waals surface area (Å²) in [6, 6.07) is 74.9. The molecule has 1 aromatic heterocycles. The van der Waals surface area contributed by atoms with E-state index in [1.165, 1.54) is 54.6 Å². The van der Waals surface area contributed by atoms with Gasteiger partial charge in [0.25, 0.3) is 0 Å². The van der Waals surface area contributed by atoms with Gasteiger partial charge >= 0.3 is 0 Å². The van der Waals surface area contributed by atoms with Crippen molar-refractivity contribution in [2.75, 3.05) is 0 Å². The summed E-state index contributed by atoms with van der Waals surface area (Å²) in [5, 5.41) is 9.67. The fraction of sp³-hybridized carbons (Fsp3) is 0. The number of benzene rings is 10. The van der Waals surface area contributed by atoms with Crippen molar-refractivity contribution in [3.05, 3.63) is 224 Å². The maximum Gasteiger partial charge on any atom is 0.187 e. The average Bonchev–Trinajstić information content (AvgIpc) is 3.33. The molecule has 0 radical (unpaired) electrons. The highest BCUT2D eigenvalue weighted by atomic mass is 14.9. The molecule has 0 atom stereocenters. The zero-order valence-electron chi connectivity index (χ0n) is 32.5. The Bertz CT molecular complexity index is 3470. The number of hydrogen-bond donors (Lipinski definition) is 0. The molecule has 0 bridgehead atoms. The van der Waals surface area contributed by atoms with Gasteiger partial charge in [-0.15, -0.1) is 0 Å². The molecule has 278 valence electrons. The number of nitrogens with zero attached hydrogens (tertiary/aromatic N) is 3. The van der Waals surface area contributed by atoms with E-state index in [9.17, 15) is 0 Å². The first-order chi connectivity index (χ1) is 29.7. The Labute approximate surface area is 348 Å². The smallest absolute Gasteiger partial charge is 0.187 e. The van der Waals surface area contributed by atoms with E-state index in [-0.39, 0.29) is 0 Å². The van der Waals surface area contributed by atoms with Crippen LogP contribution in [-0.2, 0) is 0 Å². The average molecular weight is 762 g/mol. The zero-order valence-corrected chi connectivity index (χ0v) is 32.5. The van der Waals surface area contributed by atoms with Gasteiger partial charge in [0.15, 0.2) is 11.5 Å². The van der Waals surface area contributed by atoms with Crippen molar-refractivity contribution in [2.45, 2.75) is 0 Å². The summed E-state index contributed by atoms with van der Waals surface area (Å²) < 4.78 is 0. The molecule has 0 saturated carbocycles. The monoisotopic (exact) mass is 761 g/mol. The molecule has 0 fully saturated rings. The maximum atomic E-state index is 7.39. The van der Waals surface area contributed by atoms with Gasteiger partial charge in [-0.05, 0) is 88.6 Å². The first-order valence-electron chi connectivity index (χ1n) is 20.2. The van der Waals surface area contributed by atoms with E-state index >= 15 is 0 Å². The number of fused-ring (bicyclic) bond motifs is 5. The van der Waals surface area contributed by atoms with Crippen molar-refractivity contribution < 1.29 is 0 Å². The van der Waals surface area contributed by atoms with Gasteiger partial charge in [0.2, 0.25) is 0 Å². The van der Waals surface area contributed by atoms with E-state index in [1.807, 2.05) is 42.5 Å². The Hall–Kier alpha value is -8.19. The van der Waals surface area contributed by atoms with E-state index in [0.717, 1.165) is 50.0 Å². The van der Waals surface area contributed by atoms with Gasteiger partial charge in [0, 0.05) is 16.7 Å². The molecular formula is C57H35N3. The van der Waals surface area contributed by atoms with E-state index in [1.54, 1.807) is 0 Å². The minimum Gasteiger partial charge on any atom is -0.238 e. The second kappa shape index (κ2) is 14.6. The summed E-state index contributed by atoms with van der Waals surface area (Å²) in [6.45, 7) is 7.39. The van der Waals surface area contributed by atoms with Crippen LogP contribution in [0.25, 0.3) is 115 Å². The lowest BCUT2D eigenvalue weighted by Crippen LogP contribution is -1.97. The van der Waals surface area contributed by atoms with E-state index in [4.69, 9.17) is 16.5 Å². The van der Waals surface area contributed by atoms with Crippen molar-refractivity contribution in [1.82, 2.24) is 9.97 Å². The maximum absolute atomic E-state index is 7.39. The molecule has 0 N–H and O–H groups in total. The molecule has 0 aliphatic carbocycles. The molecule has 60 heavy (non-hydrogen) atoms. The molecule has 1 heterocycles. The minimum absolute atomic E-state index is 0.625. The highest BCUT2D eigenvalue weighted by Gasteiger charge is 2.21. The van der Waals surface area contributed by atoms with Crippen molar-refractivity contribution in [1.29, 1.82) is 0 Å².